The van der Waals surface area contributed by atoms with Crippen LogP contribution in [0.1, 0.15) is 70.3 Å². The second-order valence-corrected chi connectivity index (χ2v) is 8.25. The lowest BCUT2D eigenvalue weighted by Crippen LogP contribution is -2.37. The van der Waals surface area contributed by atoms with Gasteiger partial charge in [-0.1, -0.05) is 51.2 Å². The summed E-state index contributed by atoms with van der Waals surface area (Å²) >= 11 is 0. The Hall–Kier alpha value is -2.77. The number of hydrogen-bond acceptors (Lipinski definition) is 5. The minimum Gasteiger partial charge on any atom is -0.356 e. The Balaban J connectivity index is 1.55. The van der Waals surface area contributed by atoms with Crippen LogP contribution in [0.5, 0.6) is 0 Å². The molecule has 164 valence electrons. The summed E-state index contributed by atoms with van der Waals surface area (Å²) in [5.41, 5.74) is -0.143. The lowest BCUT2D eigenvalue weighted by Gasteiger charge is -2.22. The van der Waals surface area contributed by atoms with Crippen LogP contribution < -0.4 is 5.32 Å². The molecule has 0 saturated heterocycles. The summed E-state index contributed by atoms with van der Waals surface area (Å²) < 4.78 is 0. The quantitative estimate of drug-likeness (QED) is 0.204. The number of nitrogens with one attached hydrogen (secondary N) is 1. The number of nitrogens with zero attached hydrogens (tertiary/aromatic N) is 2. The lowest BCUT2D eigenvalue weighted by molar-refractivity contribution is -0.394. The smallest absolute Gasteiger partial charge is 0.279 e. The fourth-order valence-electron chi connectivity index (χ4n) is 3.74. The minimum atomic E-state index is -0.617. The Kier molecular flexibility index (Phi) is 8.95. The Morgan fingerprint density at radius 3 is 2.17 bits per heavy atom. The molecule has 0 bridgehead atoms. The highest BCUT2D eigenvalue weighted by molar-refractivity contribution is 5.83. The summed E-state index contributed by atoms with van der Waals surface area (Å²) in [5.74, 6) is 0.146. The van der Waals surface area contributed by atoms with E-state index >= 15 is 0 Å². The van der Waals surface area contributed by atoms with Gasteiger partial charge in [-0.15, -0.1) is 0 Å². The number of nitro groups is 2. The van der Waals surface area contributed by atoms with Gasteiger partial charge in [0.05, 0.1) is 21.3 Å². The van der Waals surface area contributed by atoms with Gasteiger partial charge in [-0.25, -0.2) is 0 Å². The lowest BCUT2D eigenvalue weighted by atomic mass is 9.87. The molecule has 0 saturated carbocycles. The van der Waals surface area contributed by atoms with Crippen molar-refractivity contribution in [2.45, 2.75) is 71.1 Å². The van der Waals surface area contributed by atoms with E-state index in [1.54, 1.807) is 0 Å². The first-order valence-electron chi connectivity index (χ1n) is 10.7. The highest BCUT2D eigenvalue weighted by atomic mass is 16.6. The maximum atomic E-state index is 12.2. The van der Waals surface area contributed by atoms with Crippen molar-refractivity contribution in [3.05, 3.63) is 56.1 Å². The highest BCUT2D eigenvalue weighted by Gasteiger charge is 2.33. The number of rotatable bonds is 13. The number of hydrogen-bond donors (Lipinski definition) is 1. The van der Waals surface area contributed by atoms with Crippen LogP contribution in [0.4, 0.5) is 11.4 Å². The number of benzene rings is 1. The van der Waals surface area contributed by atoms with Crippen LogP contribution in [0.2, 0.25) is 0 Å². The molecule has 0 radical (unpaired) electrons. The first-order valence-corrected chi connectivity index (χ1v) is 10.7. The maximum absolute atomic E-state index is 12.2. The van der Waals surface area contributed by atoms with Crippen LogP contribution in [-0.4, -0.2) is 22.3 Å². The third-order valence-corrected chi connectivity index (χ3v) is 5.74. The average molecular weight is 418 g/mol. The largest absolute Gasteiger partial charge is 0.356 e. The molecular formula is C22H31N3O5. The Labute approximate surface area is 177 Å². The number of non-ortho nitro benzene ring substituents is 1. The van der Waals surface area contributed by atoms with E-state index in [1.807, 2.05) is 6.92 Å². The number of unbranched alkanes of at least 4 members (excludes halogenated alkanes) is 6. The number of carbonyl (C=O) groups is 1. The van der Waals surface area contributed by atoms with Crippen molar-refractivity contribution in [2.24, 2.45) is 5.41 Å². The van der Waals surface area contributed by atoms with E-state index in [2.05, 4.69) is 17.5 Å². The average Bonchev–Trinajstić information content (AvgIpc) is 3.16. The molecule has 8 nitrogen and oxygen atoms in total. The zero-order valence-electron chi connectivity index (χ0n) is 17.6. The molecular weight excluding hydrogens is 386 g/mol. The predicted octanol–water partition coefficient (Wildman–Crippen LogP) is 5.25. The van der Waals surface area contributed by atoms with Crippen LogP contribution in [0.3, 0.4) is 0 Å². The van der Waals surface area contributed by atoms with E-state index in [0.717, 1.165) is 70.4 Å². The second kappa shape index (κ2) is 11.4. The molecule has 0 heterocycles. The summed E-state index contributed by atoms with van der Waals surface area (Å²) in [6.45, 7) is 2.73. The van der Waals surface area contributed by atoms with Gasteiger partial charge in [0.25, 0.3) is 11.4 Å². The SMILES string of the molecule is CC1(C(=O)NCCCCCCCCCc2ccc([N+](=O)[O-])cc2[N+](=O)[O-])CC=CC1. The van der Waals surface area contributed by atoms with Crippen molar-refractivity contribution in [3.8, 4) is 0 Å². The standard InChI is InChI=1S/C22H31N3O5/c1-22(14-8-9-15-22)21(26)23-16-10-6-4-2-3-5-7-11-18-12-13-19(24(27)28)17-20(18)25(29)30/h8-9,12-13,17H,2-7,10-11,14-16H2,1H3,(H,23,26). The third-order valence-electron chi connectivity index (χ3n) is 5.74. The van der Waals surface area contributed by atoms with Crippen molar-refractivity contribution < 1.29 is 14.6 Å². The van der Waals surface area contributed by atoms with Gasteiger partial charge in [-0.3, -0.25) is 25.0 Å². The fourth-order valence-corrected chi connectivity index (χ4v) is 3.74. The minimum absolute atomic E-state index is 0.146. The Morgan fingerprint density at radius 1 is 0.967 bits per heavy atom. The van der Waals surface area contributed by atoms with Gasteiger partial charge in [0.2, 0.25) is 5.91 Å². The van der Waals surface area contributed by atoms with Gasteiger partial charge in [0.1, 0.15) is 0 Å². The molecule has 1 aromatic carbocycles. The molecule has 1 aliphatic carbocycles. The van der Waals surface area contributed by atoms with E-state index in [1.165, 1.54) is 12.1 Å². The van der Waals surface area contributed by atoms with Gasteiger partial charge < -0.3 is 5.32 Å². The van der Waals surface area contributed by atoms with Gasteiger partial charge in [0, 0.05) is 18.2 Å². The van der Waals surface area contributed by atoms with Crippen LogP contribution in [-0.2, 0) is 11.2 Å². The number of aryl methyl sites for hydroxylation is 1. The van der Waals surface area contributed by atoms with E-state index in [4.69, 9.17) is 0 Å². The summed E-state index contributed by atoms with van der Waals surface area (Å²) in [5, 5.41) is 25.0. The maximum Gasteiger partial charge on any atom is 0.279 e. The molecule has 0 aromatic heterocycles. The molecule has 0 atom stereocenters. The molecule has 1 aliphatic rings. The number of nitro benzene ring substituents is 2. The highest BCUT2D eigenvalue weighted by Crippen LogP contribution is 2.32. The first-order chi connectivity index (χ1) is 14.3. The normalized spacial score (nSPS) is 14.6. The van der Waals surface area contributed by atoms with E-state index in [9.17, 15) is 25.0 Å². The molecule has 1 amide bonds. The van der Waals surface area contributed by atoms with Crippen LogP contribution in [0.15, 0.2) is 30.4 Å². The van der Waals surface area contributed by atoms with Crippen molar-refractivity contribution in [3.63, 3.8) is 0 Å². The number of allylic oxidation sites excluding steroid dienone is 2. The number of amides is 1. The third kappa shape index (κ3) is 6.93. The van der Waals surface area contributed by atoms with Crippen molar-refractivity contribution in [1.29, 1.82) is 0 Å². The monoisotopic (exact) mass is 417 g/mol. The fraction of sp³-hybridized carbons (Fsp3) is 0.591. The zero-order chi connectivity index (χ0) is 22.0. The molecule has 0 aliphatic heterocycles. The topological polar surface area (TPSA) is 115 Å². The van der Waals surface area contributed by atoms with Gasteiger partial charge in [-0.2, -0.15) is 0 Å². The Morgan fingerprint density at radius 2 is 1.57 bits per heavy atom. The molecule has 0 fully saturated rings. The summed E-state index contributed by atoms with van der Waals surface area (Å²) in [6.07, 6.45) is 13.4. The van der Waals surface area contributed by atoms with Crippen molar-refractivity contribution in [2.75, 3.05) is 6.54 Å². The number of carbonyl (C=O) groups excluding carboxylic acids is 1. The van der Waals surface area contributed by atoms with Crippen molar-refractivity contribution in [1.82, 2.24) is 5.32 Å². The molecule has 8 heteroatoms. The van der Waals surface area contributed by atoms with Crippen molar-refractivity contribution >= 4 is 17.3 Å². The molecule has 0 spiro atoms. The van der Waals surface area contributed by atoms with Crippen LogP contribution >= 0.6 is 0 Å². The molecule has 2 rings (SSSR count). The zero-order valence-corrected chi connectivity index (χ0v) is 17.6. The van der Waals surface area contributed by atoms with E-state index in [0.29, 0.717) is 12.0 Å². The second-order valence-electron chi connectivity index (χ2n) is 8.25. The van der Waals surface area contributed by atoms with Gasteiger partial charge in [0.15, 0.2) is 0 Å². The van der Waals surface area contributed by atoms with Crippen LogP contribution in [0.25, 0.3) is 0 Å². The summed E-state index contributed by atoms with van der Waals surface area (Å²) in [4.78, 5) is 32.9. The summed E-state index contributed by atoms with van der Waals surface area (Å²) in [6, 6.07) is 3.86. The van der Waals surface area contributed by atoms with E-state index < -0.39 is 9.85 Å². The molecule has 0 unspecified atom stereocenters. The molecule has 1 aromatic rings. The predicted molar refractivity (Wildman–Crippen MR) is 115 cm³/mol. The van der Waals surface area contributed by atoms with Gasteiger partial charge >= 0.3 is 0 Å². The molecule has 1 N–H and O–H groups in total. The molecule has 30 heavy (non-hydrogen) atoms. The van der Waals surface area contributed by atoms with E-state index in [-0.39, 0.29) is 22.7 Å². The Bertz CT molecular complexity index is 783. The van der Waals surface area contributed by atoms with Gasteiger partial charge in [-0.05, 0) is 38.2 Å². The van der Waals surface area contributed by atoms with Crippen LogP contribution in [0, 0.1) is 25.6 Å². The summed E-state index contributed by atoms with van der Waals surface area (Å²) in [7, 11) is 0. The first kappa shape index (κ1) is 23.5.